The molecule has 0 aliphatic carbocycles. The van der Waals surface area contributed by atoms with E-state index in [9.17, 15) is 4.79 Å². The van der Waals surface area contributed by atoms with Gasteiger partial charge in [-0.2, -0.15) is 0 Å². The van der Waals surface area contributed by atoms with Gasteiger partial charge in [-0.25, -0.2) is 0 Å². The van der Waals surface area contributed by atoms with Crippen molar-refractivity contribution in [3.8, 4) is 0 Å². The third-order valence-corrected chi connectivity index (χ3v) is 3.13. The Morgan fingerprint density at radius 2 is 1.89 bits per heavy atom. The molecule has 2 aromatic carbocycles. The van der Waals surface area contributed by atoms with Crippen LogP contribution in [0.15, 0.2) is 42.5 Å². The van der Waals surface area contributed by atoms with Gasteiger partial charge in [0.05, 0.1) is 0 Å². The number of carbonyl (C=O) groups excluding carboxylic acids is 1. The van der Waals surface area contributed by atoms with Crippen molar-refractivity contribution in [1.82, 2.24) is 5.32 Å². The summed E-state index contributed by atoms with van der Waals surface area (Å²) < 4.78 is 0. The van der Waals surface area contributed by atoms with Crippen molar-refractivity contribution in [2.75, 3.05) is 5.73 Å². The van der Waals surface area contributed by atoms with Crippen LogP contribution in [0.1, 0.15) is 27.0 Å². The van der Waals surface area contributed by atoms with E-state index >= 15 is 0 Å². The summed E-state index contributed by atoms with van der Waals surface area (Å²) in [5.41, 5.74) is 10.2. The van der Waals surface area contributed by atoms with Gasteiger partial charge in [-0.3, -0.25) is 4.79 Å². The van der Waals surface area contributed by atoms with Gasteiger partial charge in [0.2, 0.25) is 0 Å². The molecular weight excluding hydrogens is 236 g/mol. The van der Waals surface area contributed by atoms with Crippen LogP contribution < -0.4 is 11.1 Å². The first kappa shape index (κ1) is 13.1. The molecule has 3 nitrogen and oxygen atoms in total. The number of hydrogen-bond donors (Lipinski definition) is 2. The van der Waals surface area contributed by atoms with E-state index in [1.165, 1.54) is 0 Å². The molecule has 0 aromatic heterocycles. The SMILES string of the molecule is Cc1ccc(C)c(C(=O)NCc2ccccc2N)c1. The third-order valence-electron chi connectivity index (χ3n) is 3.13. The largest absolute Gasteiger partial charge is 0.398 e. The van der Waals surface area contributed by atoms with E-state index < -0.39 is 0 Å². The first-order valence-electron chi connectivity index (χ1n) is 6.27. The van der Waals surface area contributed by atoms with E-state index in [0.29, 0.717) is 12.2 Å². The molecule has 3 N–H and O–H groups in total. The maximum Gasteiger partial charge on any atom is 0.251 e. The maximum absolute atomic E-state index is 12.2. The molecule has 0 bridgehead atoms. The smallest absolute Gasteiger partial charge is 0.251 e. The van der Waals surface area contributed by atoms with Gasteiger partial charge in [0.15, 0.2) is 0 Å². The normalized spacial score (nSPS) is 10.2. The van der Waals surface area contributed by atoms with Crippen molar-refractivity contribution in [3.63, 3.8) is 0 Å². The minimum atomic E-state index is -0.0653. The highest BCUT2D eigenvalue weighted by Crippen LogP contribution is 2.12. The van der Waals surface area contributed by atoms with Crippen molar-refractivity contribution < 1.29 is 4.79 Å². The zero-order chi connectivity index (χ0) is 13.8. The van der Waals surface area contributed by atoms with Crippen molar-refractivity contribution in [1.29, 1.82) is 0 Å². The number of aryl methyl sites for hydroxylation is 2. The highest BCUT2D eigenvalue weighted by molar-refractivity contribution is 5.95. The number of anilines is 1. The van der Waals surface area contributed by atoms with Crippen molar-refractivity contribution in [2.45, 2.75) is 20.4 Å². The highest BCUT2D eigenvalue weighted by atomic mass is 16.1. The van der Waals surface area contributed by atoms with Crippen LogP contribution in [0.4, 0.5) is 5.69 Å². The van der Waals surface area contributed by atoms with E-state index in [0.717, 1.165) is 22.3 Å². The lowest BCUT2D eigenvalue weighted by Crippen LogP contribution is -2.24. The summed E-state index contributed by atoms with van der Waals surface area (Å²) in [5, 5.41) is 2.91. The molecule has 19 heavy (non-hydrogen) atoms. The fraction of sp³-hybridized carbons (Fsp3) is 0.188. The summed E-state index contributed by atoms with van der Waals surface area (Å²) >= 11 is 0. The van der Waals surface area contributed by atoms with Gasteiger partial charge in [-0.1, -0.05) is 35.9 Å². The Labute approximate surface area is 113 Å². The highest BCUT2D eigenvalue weighted by Gasteiger charge is 2.09. The predicted octanol–water partition coefficient (Wildman–Crippen LogP) is 2.82. The van der Waals surface area contributed by atoms with Gasteiger partial charge < -0.3 is 11.1 Å². The van der Waals surface area contributed by atoms with Gasteiger partial charge in [0.1, 0.15) is 0 Å². The van der Waals surface area contributed by atoms with E-state index in [2.05, 4.69) is 5.32 Å². The van der Waals surface area contributed by atoms with Crippen LogP contribution in [-0.2, 0) is 6.54 Å². The number of para-hydroxylation sites is 1. The first-order chi connectivity index (χ1) is 9.08. The second kappa shape index (κ2) is 5.57. The molecule has 0 saturated heterocycles. The van der Waals surface area contributed by atoms with Gasteiger partial charge in [0, 0.05) is 17.8 Å². The lowest BCUT2D eigenvalue weighted by Gasteiger charge is -2.10. The van der Waals surface area contributed by atoms with Crippen molar-refractivity contribution in [2.24, 2.45) is 0 Å². The fourth-order valence-electron chi connectivity index (χ4n) is 1.95. The minimum Gasteiger partial charge on any atom is -0.398 e. The quantitative estimate of drug-likeness (QED) is 0.827. The maximum atomic E-state index is 12.2. The average molecular weight is 254 g/mol. The molecule has 0 heterocycles. The second-order valence-corrected chi connectivity index (χ2v) is 4.70. The second-order valence-electron chi connectivity index (χ2n) is 4.70. The topological polar surface area (TPSA) is 55.1 Å². The molecule has 2 rings (SSSR count). The number of benzene rings is 2. The lowest BCUT2D eigenvalue weighted by molar-refractivity contribution is 0.0950. The summed E-state index contributed by atoms with van der Waals surface area (Å²) in [6.07, 6.45) is 0. The molecule has 0 saturated carbocycles. The summed E-state index contributed by atoms with van der Waals surface area (Å²) in [4.78, 5) is 12.2. The minimum absolute atomic E-state index is 0.0653. The van der Waals surface area contributed by atoms with Crippen LogP contribution in [-0.4, -0.2) is 5.91 Å². The number of nitrogens with one attached hydrogen (secondary N) is 1. The number of rotatable bonds is 3. The van der Waals surface area contributed by atoms with Crippen LogP contribution >= 0.6 is 0 Å². The Hall–Kier alpha value is -2.29. The van der Waals surface area contributed by atoms with Gasteiger partial charge in [-0.15, -0.1) is 0 Å². The van der Waals surface area contributed by atoms with Gasteiger partial charge in [0.25, 0.3) is 5.91 Å². The predicted molar refractivity (Wildman–Crippen MR) is 77.9 cm³/mol. The molecule has 0 aliphatic rings. The fourth-order valence-corrected chi connectivity index (χ4v) is 1.95. The Morgan fingerprint density at radius 1 is 1.16 bits per heavy atom. The van der Waals surface area contributed by atoms with Gasteiger partial charge >= 0.3 is 0 Å². The van der Waals surface area contributed by atoms with E-state index in [4.69, 9.17) is 5.73 Å². The molecule has 0 aliphatic heterocycles. The lowest BCUT2D eigenvalue weighted by atomic mass is 10.0. The zero-order valence-corrected chi connectivity index (χ0v) is 11.2. The molecule has 2 aromatic rings. The molecule has 1 amide bonds. The van der Waals surface area contributed by atoms with Crippen LogP contribution in [0.25, 0.3) is 0 Å². The number of hydrogen-bond acceptors (Lipinski definition) is 2. The molecule has 98 valence electrons. The number of nitrogen functional groups attached to an aromatic ring is 1. The Balaban J connectivity index is 2.10. The number of amides is 1. The summed E-state index contributed by atoms with van der Waals surface area (Å²) in [6.45, 7) is 4.36. The summed E-state index contributed by atoms with van der Waals surface area (Å²) in [6, 6.07) is 13.4. The molecule has 0 atom stereocenters. The number of nitrogens with two attached hydrogens (primary N) is 1. The first-order valence-corrected chi connectivity index (χ1v) is 6.27. The Kier molecular flexibility index (Phi) is 3.85. The van der Waals surface area contributed by atoms with Crippen LogP contribution in [0.3, 0.4) is 0 Å². The van der Waals surface area contributed by atoms with Crippen molar-refractivity contribution >= 4 is 11.6 Å². The molecular formula is C16H18N2O. The van der Waals surface area contributed by atoms with E-state index in [1.807, 2.05) is 56.3 Å². The monoisotopic (exact) mass is 254 g/mol. The van der Waals surface area contributed by atoms with Gasteiger partial charge in [-0.05, 0) is 37.1 Å². The molecule has 0 radical (unpaired) electrons. The Bertz CT molecular complexity index is 605. The van der Waals surface area contributed by atoms with E-state index in [1.54, 1.807) is 0 Å². The van der Waals surface area contributed by atoms with Crippen LogP contribution in [0.5, 0.6) is 0 Å². The van der Waals surface area contributed by atoms with Crippen LogP contribution in [0, 0.1) is 13.8 Å². The standard InChI is InChI=1S/C16H18N2O/c1-11-7-8-12(2)14(9-11)16(19)18-10-13-5-3-4-6-15(13)17/h3-9H,10,17H2,1-2H3,(H,18,19). The third kappa shape index (κ3) is 3.13. The molecule has 0 fully saturated rings. The van der Waals surface area contributed by atoms with Crippen molar-refractivity contribution in [3.05, 3.63) is 64.7 Å². The Morgan fingerprint density at radius 3 is 2.63 bits per heavy atom. The summed E-state index contributed by atoms with van der Waals surface area (Å²) in [5.74, 6) is -0.0653. The zero-order valence-electron chi connectivity index (χ0n) is 11.2. The van der Waals surface area contributed by atoms with Crippen LogP contribution in [0.2, 0.25) is 0 Å². The number of carbonyl (C=O) groups is 1. The summed E-state index contributed by atoms with van der Waals surface area (Å²) in [7, 11) is 0. The molecule has 3 heteroatoms. The molecule has 0 unspecified atom stereocenters. The van der Waals surface area contributed by atoms with E-state index in [-0.39, 0.29) is 5.91 Å². The average Bonchev–Trinajstić information content (AvgIpc) is 2.40. The molecule has 0 spiro atoms.